The minimum atomic E-state index is -4.37. The summed E-state index contributed by atoms with van der Waals surface area (Å²) in [5.74, 6) is -1.49. The van der Waals surface area contributed by atoms with Crippen LogP contribution in [0.25, 0.3) is 0 Å². The van der Waals surface area contributed by atoms with Gasteiger partial charge in [-0.25, -0.2) is 17.9 Å². The molecule has 0 aliphatic carbocycles. The van der Waals surface area contributed by atoms with Gasteiger partial charge in [-0.1, -0.05) is 19.8 Å². The summed E-state index contributed by atoms with van der Waals surface area (Å²) in [4.78, 5) is 9.10. The number of primary sulfonamides is 1. The second-order valence-electron chi connectivity index (χ2n) is 4.11. The van der Waals surface area contributed by atoms with Gasteiger partial charge in [0.1, 0.15) is 10.7 Å². The van der Waals surface area contributed by atoms with Crippen molar-refractivity contribution in [2.75, 3.05) is 6.61 Å². The first kappa shape index (κ1) is 16.3. The van der Waals surface area contributed by atoms with E-state index in [0.717, 1.165) is 12.8 Å². The summed E-state index contributed by atoms with van der Waals surface area (Å²) in [7, 11) is -4.37. The van der Waals surface area contributed by atoms with Gasteiger partial charge in [-0.2, -0.15) is 0 Å². The molecular weight excluding hydrogens is 291 g/mol. The number of hydrogen-bond donors (Lipinski definition) is 1. The molecule has 2 N–H and O–H groups in total. The summed E-state index contributed by atoms with van der Waals surface area (Å²) in [6.07, 6.45) is 2.46. The highest BCUT2D eigenvalue weighted by Crippen LogP contribution is 2.31. The van der Waals surface area contributed by atoms with Crippen LogP contribution in [0.1, 0.15) is 26.2 Å². The Morgan fingerprint density at radius 2 is 2.05 bits per heavy atom. The second kappa shape index (κ2) is 6.62. The van der Waals surface area contributed by atoms with Crippen LogP contribution in [0.5, 0.6) is 5.75 Å². The standard InChI is InChI=1S/C11H15FN2O5S/c1-2-3-4-5-19-10-6-8(12)11(20(13,17)18)7-9(10)14(15)16/h6-7H,2-5H2,1H3,(H2,13,17,18). The van der Waals surface area contributed by atoms with E-state index in [-0.39, 0.29) is 12.4 Å². The SMILES string of the molecule is CCCCCOc1cc(F)c(S(N)(=O)=O)cc1[N+](=O)[O-]. The predicted molar refractivity (Wildman–Crippen MR) is 69.4 cm³/mol. The van der Waals surface area contributed by atoms with Crippen molar-refractivity contribution in [2.45, 2.75) is 31.1 Å². The zero-order valence-electron chi connectivity index (χ0n) is 10.8. The number of nitrogens with two attached hydrogens (primary N) is 1. The molecule has 0 aromatic heterocycles. The van der Waals surface area contributed by atoms with Crippen LogP contribution in [0.3, 0.4) is 0 Å². The Morgan fingerprint density at radius 1 is 1.40 bits per heavy atom. The molecule has 7 nitrogen and oxygen atoms in total. The van der Waals surface area contributed by atoms with Crippen LogP contribution in [-0.4, -0.2) is 19.9 Å². The molecule has 0 fully saturated rings. The molecule has 1 aromatic carbocycles. The first-order valence-corrected chi connectivity index (χ1v) is 7.45. The van der Waals surface area contributed by atoms with Crippen LogP contribution in [0.2, 0.25) is 0 Å². The van der Waals surface area contributed by atoms with Crippen LogP contribution in [0.4, 0.5) is 10.1 Å². The van der Waals surface area contributed by atoms with Gasteiger partial charge in [-0.3, -0.25) is 10.1 Å². The Hall–Kier alpha value is -1.74. The van der Waals surface area contributed by atoms with Gasteiger partial charge in [-0.15, -0.1) is 0 Å². The third kappa shape index (κ3) is 4.14. The van der Waals surface area contributed by atoms with E-state index in [9.17, 15) is 22.9 Å². The van der Waals surface area contributed by atoms with Crippen molar-refractivity contribution in [3.8, 4) is 5.75 Å². The zero-order valence-corrected chi connectivity index (χ0v) is 11.7. The number of hydrogen-bond acceptors (Lipinski definition) is 5. The van der Waals surface area contributed by atoms with E-state index >= 15 is 0 Å². The first-order valence-electron chi connectivity index (χ1n) is 5.91. The Kier molecular flexibility index (Phi) is 5.40. The van der Waals surface area contributed by atoms with Gasteiger partial charge in [0.2, 0.25) is 10.0 Å². The minimum Gasteiger partial charge on any atom is -0.487 e. The lowest BCUT2D eigenvalue weighted by Crippen LogP contribution is -2.15. The van der Waals surface area contributed by atoms with E-state index in [1.54, 1.807) is 0 Å². The molecule has 0 unspecified atom stereocenters. The highest BCUT2D eigenvalue weighted by Gasteiger charge is 2.24. The molecule has 0 heterocycles. The minimum absolute atomic E-state index is 0.183. The van der Waals surface area contributed by atoms with Crippen molar-refractivity contribution in [3.63, 3.8) is 0 Å². The fourth-order valence-electron chi connectivity index (χ4n) is 1.53. The summed E-state index contributed by atoms with van der Waals surface area (Å²) in [5, 5.41) is 15.7. The largest absolute Gasteiger partial charge is 0.487 e. The quantitative estimate of drug-likeness (QED) is 0.470. The lowest BCUT2D eigenvalue weighted by atomic mass is 10.2. The molecule has 0 aliphatic heterocycles. The number of unbranched alkanes of at least 4 members (excludes halogenated alkanes) is 2. The third-order valence-corrected chi connectivity index (χ3v) is 3.45. The summed E-state index contributed by atoms with van der Waals surface area (Å²) in [5.41, 5.74) is -0.632. The summed E-state index contributed by atoms with van der Waals surface area (Å²) in [6, 6.07) is 1.24. The maximum Gasteiger partial charge on any atom is 0.312 e. The topological polar surface area (TPSA) is 113 Å². The maximum atomic E-state index is 13.6. The van der Waals surface area contributed by atoms with Crippen LogP contribution in [0, 0.1) is 15.9 Å². The van der Waals surface area contributed by atoms with E-state index in [0.29, 0.717) is 18.6 Å². The molecule has 0 saturated carbocycles. The molecule has 0 spiro atoms. The van der Waals surface area contributed by atoms with Crippen LogP contribution >= 0.6 is 0 Å². The Morgan fingerprint density at radius 3 is 2.55 bits per heavy atom. The smallest absolute Gasteiger partial charge is 0.312 e. The molecule has 0 bridgehead atoms. The van der Waals surface area contributed by atoms with Crippen LogP contribution < -0.4 is 9.88 Å². The normalized spacial score (nSPS) is 11.3. The van der Waals surface area contributed by atoms with Gasteiger partial charge in [0, 0.05) is 12.1 Å². The van der Waals surface area contributed by atoms with Gasteiger partial charge >= 0.3 is 5.69 Å². The van der Waals surface area contributed by atoms with E-state index in [1.165, 1.54) is 0 Å². The van der Waals surface area contributed by atoms with Gasteiger partial charge in [0.25, 0.3) is 0 Å². The molecule has 112 valence electrons. The molecule has 1 rings (SSSR count). The van der Waals surface area contributed by atoms with Crippen molar-refractivity contribution >= 4 is 15.7 Å². The van der Waals surface area contributed by atoms with Crippen LogP contribution in [0.15, 0.2) is 17.0 Å². The second-order valence-corrected chi connectivity index (χ2v) is 5.64. The summed E-state index contributed by atoms with van der Waals surface area (Å²) < 4.78 is 41.0. The van der Waals surface area contributed by atoms with E-state index in [4.69, 9.17) is 9.88 Å². The van der Waals surface area contributed by atoms with E-state index < -0.39 is 31.3 Å². The average Bonchev–Trinajstić information content (AvgIpc) is 2.32. The number of halogens is 1. The number of sulfonamides is 1. The molecule has 0 amide bonds. The van der Waals surface area contributed by atoms with Crippen LogP contribution in [-0.2, 0) is 10.0 Å². The summed E-state index contributed by atoms with van der Waals surface area (Å²) in [6.45, 7) is 2.16. The lowest BCUT2D eigenvalue weighted by molar-refractivity contribution is -0.386. The number of nitro benzene ring substituents is 1. The monoisotopic (exact) mass is 306 g/mol. The number of rotatable bonds is 7. The fraction of sp³-hybridized carbons (Fsp3) is 0.455. The van der Waals surface area contributed by atoms with Crippen molar-refractivity contribution in [1.29, 1.82) is 0 Å². The van der Waals surface area contributed by atoms with Gasteiger partial charge in [-0.05, 0) is 6.42 Å². The van der Waals surface area contributed by atoms with Crippen molar-refractivity contribution in [3.05, 3.63) is 28.1 Å². The summed E-state index contributed by atoms with van der Waals surface area (Å²) >= 11 is 0. The Labute approximate surface area is 115 Å². The zero-order chi connectivity index (χ0) is 15.3. The first-order chi connectivity index (χ1) is 9.27. The molecule has 1 aromatic rings. The number of nitrogens with zero attached hydrogens (tertiary/aromatic N) is 1. The highest BCUT2D eigenvalue weighted by molar-refractivity contribution is 7.89. The maximum absolute atomic E-state index is 13.6. The predicted octanol–water partition coefficient (Wildman–Crippen LogP) is 1.95. The fourth-order valence-corrected chi connectivity index (χ4v) is 2.14. The number of benzene rings is 1. The van der Waals surface area contributed by atoms with Crippen molar-refractivity contribution < 1.29 is 22.5 Å². The molecular formula is C11H15FN2O5S. The van der Waals surface area contributed by atoms with E-state index in [2.05, 4.69) is 0 Å². The van der Waals surface area contributed by atoms with Gasteiger partial charge in [0.15, 0.2) is 5.75 Å². The Bertz CT molecular complexity index is 603. The molecule has 0 saturated heterocycles. The molecule has 0 radical (unpaired) electrons. The van der Waals surface area contributed by atoms with Crippen molar-refractivity contribution in [2.24, 2.45) is 5.14 Å². The Balaban J connectivity index is 3.12. The molecule has 20 heavy (non-hydrogen) atoms. The highest BCUT2D eigenvalue weighted by atomic mass is 32.2. The average molecular weight is 306 g/mol. The lowest BCUT2D eigenvalue weighted by Gasteiger charge is -2.08. The molecule has 0 aliphatic rings. The number of ether oxygens (including phenoxy) is 1. The molecule has 9 heteroatoms. The number of nitro groups is 1. The molecule has 0 atom stereocenters. The van der Waals surface area contributed by atoms with Gasteiger partial charge in [0.05, 0.1) is 11.5 Å². The van der Waals surface area contributed by atoms with Gasteiger partial charge < -0.3 is 4.74 Å². The van der Waals surface area contributed by atoms with Crippen molar-refractivity contribution in [1.82, 2.24) is 0 Å². The third-order valence-electron chi connectivity index (χ3n) is 2.52. The van der Waals surface area contributed by atoms with E-state index in [1.807, 2.05) is 6.92 Å².